The Morgan fingerprint density at radius 3 is 2.00 bits per heavy atom. The number of nitrogens with one attached hydrogen (secondary N) is 1. The molecule has 0 saturated carbocycles. The number of ether oxygens (including phenoxy) is 1. The summed E-state index contributed by atoms with van der Waals surface area (Å²) in [6.07, 6.45) is 0. The summed E-state index contributed by atoms with van der Waals surface area (Å²) in [5.41, 5.74) is 3.34. The summed E-state index contributed by atoms with van der Waals surface area (Å²) in [6, 6.07) is 15.0. The van der Waals surface area contributed by atoms with Gasteiger partial charge in [-0.1, -0.05) is 45.0 Å². The predicted octanol–water partition coefficient (Wildman–Crippen LogP) is 3.81. The van der Waals surface area contributed by atoms with E-state index >= 15 is 0 Å². The summed E-state index contributed by atoms with van der Waals surface area (Å²) >= 11 is 0. The first-order valence-corrected chi connectivity index (χ1v) is 8.81. The van der Waals surface area contributed by atoms with Crippen molar-refractivity contribution in [2.45, 2.75) is 26.2 Å². The molecule has 3 rings (SSSR count). The third-order valence-corrected chi connectivity index (χ3v) is 4.69. The topological polar surface area (TPSA) is 58.6 Å². The molecule has 0 unspecified atom stereocenters. The zero-order valence-corrected chi connectivity index (χ0v) is 16.3. The summed E-state index contributed by atoms with van der Waals surface area (Å²) in [5.74, 6) is 0.0291. The largest absolute Gasteiger partial charge is 0.497 e. The van der Waals surface area contributed by atoms with E-state index < -0.39 is 0 Å². The van der Waals surface area contributed by atoms with E-state index in [9.17, 15) is 9.59 Å². The van der Waals surface area contributed by atoms with Crippen molar-refractivity contribution in [2.24, 2.45) is 0 Å². The molecular weight excluding hydrogens is 340 g/mol. The highest BCUT2D eigenvalue weighted by molar-refractivity contribution is 6.36. The standard InChI is InChI=1S/C22H24N2O3/c1-22(2,3)15-8-10-16(11-9-15)23-19-18(20(25)24(4)21(19)26)14-6-12-17(27-5)13-7-14/h6-13,23H,1-5H3. The zero-order chi connectivity index (χ0) is 19.8. The molecule has 1 aliphatic rings. The smallest absolute Gasteiger partial charge is 0.277 e. The Morgan fingerprint density at radius 1 is 0.889 bits per heavy atom. The van der Waals surface area contributed by atoms with E-state index in [1.165, 1.54) is 12.6 Å². The number of anilines is 1. The summed E-state index contributed by atoms with van der Waals surface area (Å²) in [5, 5.41) is 3.14. The molecule has 0 atom stereocenters. The molecule has 2 aromatic rings. The highest BCUT2D eigenvalue weighted by Crippen LogP contribution is 2.31. The molecule has 0 saturated heterocycles. The van der Waals surface area contributed by atoms with Crippen molar-refractivity contribution in [3.63, 3.8) is 0 Å². The number of hydrogen-bond donors (Lipinski definition) is 1. The molecule has 1 heterocycles. The van der Waals surface area contributed by atoms with Gasteiger partial charge in [0.25, 0.3) is 11.8 Å². The maximum atomic E-state index is 12.6. The maximum Gasteiger partial charge on any atom is 0.277 e. The molecule has 27 heavy (non-hydrogen) atoms. The number of rotatable bonds is 4. The minimum atomic E-state index is -0.342. The summed E-state index contributed by atoms with van der Waals surface area (Å²) < 4.78 is 5.17. The predicted molar refractivity (Wildman–Crippen MR) is 106 cm³/mol. The van der Waals surface area contributed by atoms with Gasteiger partial charge in [0.15, 0.2) is 0 Å². The van der Waals surface area contributed by atoms with Gasteiger partial charge >= 0.3 is 0 Å². The molecule has 140 valence electrons. The fraction of sp³-hybridized carbons (Fsp3) is 0.273. The average molecular weight is 364 g/mol. The second-order valence-electron chi connectivity index (χ2n) is 7.60. The molecule has 5 nitrogen and oxygen atoms in total. The van der Waals surface area contributed by atoms with Gasteiger partial charge in [0, 0.05) is 12.7 Å². The van der Waals surface area contributed by atoms with E-state index in [0.29, 0.717) is 16.9 Å². The van der Waals surface area contributed by atoms with Crippen molar-refractivity contribution < 1.29 is 14.3 Å². The summed E-state index contributed by atoms with van der Waals surface area (Å²) in [7, 11) is 3.08. The van der Waals surface area contributed by atoms with Crippen molar-refractivity contribution in [3.8, 4) is 5.75 Å². The number of nitrogens with zero attached hydrogens (tertiary/aromatic N) is 1. The first-order valence-electron chi connectivity index (χ1n) is 8.81. The number of benzene rings is 2. The third-order valence-electron chi connectivity index (χ3n) is 4.69. The van der Waals surface area contributed by atoms with E-state index in [1.54, 1.807) is 31.4 Å². The lowest BCUT2D eigenvalue weighted by Crippen LogP contribution is -2.27. The summed E-state index contributed by atoms with van der Waals surface area (Å²) in [4.78, 5) is 26.4. The van der Waals surface area contributed by atoms with Gasteiger partial charge in [-0.15, -0.1) is 0 Å². The lowest BCUT2D eigenvalue weighted by Gasteiger charge is -2.19. The van der Waals surface area contributed by atoms with E-state index in [4.69, 9.17) is 4.74 Å². The average Bonchev–Trinajstić information content (AvgIpc) is 2.85. The highest BCUT2D eigenvalue weighted by Gasteiger charge is 2.36. The van der Waals surface area contributed by atoms with Crippen LogP contribution in [0.3, 0.4) is 0 Å². The van der Waals surface area contributed by atoms with Crippen LogP contribution in [0.25, 0.3) is 5.57 Å². The van der Waals surface area contributed by atoms with Crippen molar-refractivity contribution in [1.29, 1.82) is 0 Å². The molecule has 0 bridgehead atoms. The van der Waals surface area contributed by atoms with Crippen molar-refractivity contribution >= 4 is 23.1 Å². The van der Waals surface area contributed by atoms with Crippen LogP contribution in [0.1, 0.15) is 31.9 Å². The monoisotopic (exact) mass is 364 g/mol. The fourth-order valence-corrected chi connectivity index (χ4v) is 2.98. The van der Waals surface area contributed by atoms with Crippen LogP contribution in [0, 0.1) is 0 Å². The Labute approximate surface area is 159 Å². The minimum Gasteiger partial charge on any atom is -0.497 e. The van der Waals surface area contributed by atoms with E-state index in [0.717, 1.165) is 10.6 Å². The van der Waals surface area contributed by atoms with Crippen LogP contribution in [0.5, 0.6) is 5.75 Å². The molecular formula is C22H24N2O3. The molecule has 2 aromatic carbocycles. The quantitative estimate of drug-likeness (QED) is 0.838. The molecule has 0 aromatic heterocycles. The van der Waals surface area contributed by atoms with Crippen LogP contribution < -0.4 is 10.1 Å². The van der Waals surface area contributed by atoms with Crippen LogP contribution in [0.15, 0.2) is 54.2 Å². The highest BCUT2D eigenvalue weighted by atomic mass is 16.5. The third kappa shape index (κ3) is 3.58. The number of methoxy groups -OCH3 is 1. The molecule has 2 amide bonds. The Balaban J connectivity index is 1.99. The van der Waals surface area contributed by atoms with E-state index in [1.807, 2.05) is 24.3 Å². The van der Waals surface area contributed by atoms with Crippen LogP contribution in [-0.4, -0.2) is 30.9 Å². The number of likely N-dealkylation sites (N-methyl/N-ethyl adjacent to an activating group) is 1. The minimum absolute atomic E-state index is 0.0470. The fourth-order valence-electron chi connectivity index (χ4n) is 2.98. The molecule has 0 aliphatic carbocycles. The Morgan fingerprint density at radius 2 is 1.48 bits per heavy atom. The first-order chi connectivity index (χ1) is 12.7. The summed E-state index contributed by atoms with van der Waals surface area (Å²) in [6.45, 7) is 6.44. The Bertz CT molecular complexity index is 904. The van der Waals surface area contributed by atoms with Gasteiger partial charge in [0.05, 0.1) is 12.7 Å². The van der Waals surface area contributed by atoms with Crippen LogP contribution in [0.2, 0.25) is 0 Å². The number of carbonyl (C=O) groups is 2. The van der Waals surface area contributed by atoms with Gasteiger partial charge in [-0.25, -0.2) is 0 Å². The Kier molecular flexibility index (Phi) is 4.79. The Hall–Kier alpha value is -3.08. The van der Waals surface area contributed by atoms with E-state index in [-0.39, 0.29) is 22.9 Å². The van der Waals surface area contributed by atoms with Crippen LogP contribution in [0.4, 0.5) is 5.69 Å². The number of amides is 2. The lowest BCUT2D eigenvalue weighted by molar-refractivity contribution is -0.135. The molecule has 0 fully saturated rings. The molecule has 1 aliphatic heterocycles. The van der Waals surface area contributed by atoms with Crippen molar-refractivity contribution in [1.82, 2.24) is 4.90 Å². The molecule has 5 heteroatoms. The second kappa shape index (κ2) is 6.91. The van der Waals surface area contributed by atoms with Crippen LogP contribution >= 0.6 is 0 Å². The first kappa shape index (κ1) is 18.7. The zero-order valence-electron chi connectivity index (χ0n) is 16.3. The van der Waals surface area contributed by atoms with Crippen molar-refractivity contribution in [3.05, 3.63) is 65.4 Å². The molecule has 0 spiro atoms. The number of imide groups is 1. The van der Waals surface area contributed by atoms with Gasteiger partial charge in [0.1, 0.15) is 11.4 Å². The normalized spacial score (nSPS) is 14.8. The number of carbonyl (C=O) groups excluding carboxylic acids is 2. The van der Waals surface area contributed by atoms with Gasteiger partial charge < -0.3 is 10.1 Å². The van der Waals surface area contributed by atoms with Gasteiger partial charge in [-0.2, -0.15) is 0 Å². The second-order valence-corrected chi connectivity index (χ2v) is 7.60. The SMILES string of the molecule is COc1ccc(C2=C(Nc3ccc(C(C)(C)C)cc3)C(=O)N(C)C2=O)cc1. The van der Waals surface area contributed by atoms with Gasteiger partial charge in [-0.05, 0) is 40.8 Å². The lowest BCUT2D eigenvalue weighted by atomic mass is 9.87. The van der Waals surface area contributed by atoms with Crippen LogP contribution in [-0.2, 0) is 15.0 Å². The molecule has 0 radical (unpaired) electrons. The van der Waals surface area contributed by atoms with Crippen molar-refractivity contribution in [2.75, 3.05) is 19.5 Å². The maximum absolute atomic E-state index is 12.6. The van der Waals surface area contributed by atoms with Gasteiger partial charge in [0.2, 0.25) is 0 Å². The number of hydrogen-bond acceptors (Lipinski definition) is 4. The molecule has 1 N–H and O–H groups in total. The van der Waals surface area contributed by atoms with Gasteiger partial charge in [-0.3, -0.25) is 14.5 Å². The van der Waals surface area contributed by atoms with E-state index in [2.05, 4.69) is 26.1 Å².